The molecule has 0 amide bonds. The molecule has 0 aliphatic carbocycles. The van der Waals surface area contributed by atoms with Crippen LogP contribution < -0.4 is 0 Å². The molecule has 122 valence electrons. The average Bonchev–Trinajstić information content (AvgIpc) is 3.04. The second kappa shape index (κ2) is 6.25. The van der Waals surface area contributed by atoms with Crippen LogP contribution in [0.3, 0.4) is 0 Å². The van der Waals surface area contributed by atoms with Gasteiger partial charge in [0.05, 0.1) is 0 Å². The first-order chi connectivity index (χ1) is 11.5. The number of nitrogens with zero attached hydrogens (tertiary/aromatic N) is 3. The molecule has 6 heteroatoms. The van der Waals surface area contributed by atoms with E-state index in [9.17, 15) is 9.90 Å². The summed E-state index contributed by atoms with van der Waals surface area (Å²) in [7, 11) is 0. The largest absolute Gasteiger partial charge is 0.457 e. The topological polar surface area (TPSA) is 77.2 Å². The zero-order valence-corrected chi connectivity index (χ0v) is 13.2. The van der Waals surface area contributed by atoms with Gasteiger partial charge in [-0.2, -0.15) is 0 Å². The fourth-order valence-electron chi connectivity index (χ4n) is 2.28. The van der Waals surface area contributed by atoms with Gasteiger partial charge in [-0.25, -0.2) is 4.79 Å². The molecule has 0 bridgehead atoms. The first-order valence-electron chi connectivity index (χ1n) is 7.44. The van der Waals surface area contributed by atoms with E-state index in [1.807, 2.05) is 18.2 Å². The van der Waals surface area contributed by atoms with Crippen molar-refractivity contribution in [3.05, 3.63) is 72.3 Å². The van der Waals surface area contributed by atoms with Crippen LogP contribution in [0.25, 0.3) is 11.0 Å². The van der Waals surface area contributed by atoms with Gasteiger partial charge < -0.3 is 9.84 Å². The van der Waals surface area contributed by atoms with E-state index in [4.69, 9.17) is 4.74 Å². The summed E-state index contributed by atoms with van der Waals surface area (Å²) in [5.41, 5.74) is 0.325. The number of hydrogen-bond acceptors (Lipinski definition) is 5. The fraction of sp³-hybridized carbons (Fsp3) is 0.167. The van der Waals surface area contributed by atoms with Crippen LogP contribution in [0, 0.1) is 0 Å². The maximum Gasteiger partial charge on any atom is 0.333 e. The number of aliphatic hydroxyl groups is 1. The van der Waals surface area contributed by atoms with Crippen LogP contribution in [0.2, 0.25) is 0 Å². The summed E-state index contributed by atoms with van der Waals surface area (Å²) in [6.45, 7) is 4.76. The third-order valence-corrected chi connectivity index (χ3v) is 3.61. The Morgan fingerprint density at radius 3 is 2.21 bits per heavy atom. The Balaban J connectivity index is 2.04. The van der Waals surface area contributed by atoms with Crippen LogP contribution in [0.5, 0.6) is 0 Å². The number of ether oxygens (including phenoxy) is 1. The van der Waals surface area contributed by atoms with Gasteiger partial charge in [0.15, 0.2) is 0 Å². The first-order valence-corrected chi connectivity index (χ1v) is 7.44. The number of benzene rings is 2. The summed E-state index contributed by atoms with van der Waals surface area (Å²) < 4.78 is 5.18. The lowest BCUT2D eigenvalue weighted by Gasteiger charge is -2.27. The predicted octanol–water partition coefficient (Wildman–Crippen LogP) is 2.24. The molecule has 1 aromatic heterocycles. The van der Waals surface area contributed by atoms with Crippen molar-refractivity contribution in [2.45, 2.75) is 12.6 Å². The van der Waals surface area contributed by atoms with E-state index in [0.29, 0.717) is 16.6 Å². The minimum atomic E-state index is -1.72. The van der Waals surface area contributed by atoms with Crippen molar-refractivity contribution in [3.63, 3.8) is 0 Å². The lowest BCUT2D eigenvalue weighted by Crippen LogP contribution is -2.42. The molecule has 0 aliphatic heterocycles. The Kier molecular flexibility index (Phi) is 4.14. The number of carbonyl (C=O) groups excluding carboxylic acids is 1. The summed E-state index contributed by atoms with van der Waals surface area (Å²) in [5.74, 6) is -0.582. The van der Waals surface area contributed by atoms with Gasteiger partial charge in [-0.1, -0.05) is 49.0 Å². The molecule has 6 nitrogen and oxygen atoms in total. The maximum atomic E-state index is 11.7. The SMILES string of the molecule is C=C(C)C(=O)OCC(O)(c1ccccc1)n1nc2ccccc2n1. The molecule has 1 N–H and O–H groups in total. The monoisotopic (exact) mass is 323 g/mol. The highest BCUT2D eigenvalue weighted by atomic mass is 16.5. The van der Waals surface area contributed by atoms with Crippen LogP contribution >= 0.6 is 0 Å². The highest BCUT2D eigenvalue weighted by Crippen LogP contribution is 2.24. The van der Waals surface area contributed by atoms with Crippen molar-refractivity contribution in [3.8, 4) is 0 Å². The second-order valence-corrected chi connectivity index (χ2v) is 5.52. The van der Waals surface area contributed by atoms with Crippen LogP contribution in [0.4, 0.5) is 0 Å². The standard InChI is InChI=1S/C18H17N3O3/c1-13(2)17(22)24-12-18(23,14-8-4-3-5-9-14)21-19-15-10-6-7-11-16(15)20-21/h3-11,23H,1,12H2,2H3. The van der Waals surface area contributed by atoms with Gasteiger partial charge in [0, 0.05) is 11.1 Å². The molecule has 0 saturated heterocycles. The molecule has 0 fully saturated rings. The average molecular weight is 323 g/mol. The predicted molar refractivity (Wildman–Crippen MR) is 89.0 cm³/mol. The van der Waals surface area contributed by atoms with Gasteiger partial charge in [-0.15, -0.1) is 15.0 Å². The molecule has 1 heterocycles. The summed E-state index contributed by atoms with van der Waals surface area (Å²) in [6, 6.07) is 16.1. The van der Waals surface area contributed by atoms with Gasteiger partial charge in [0.1, 0.15) is 17.6 Å². The van der Waals surface area contributed by atoms with Crippen molar-refractivity contribution in [2.75, 3.05) is 6.61 Å². The number of esters is 1. The molecule has 2 aromatic carbocycles. The van der Waals surface area contributed by atoms with Gasteiger partial charge in [0.2, 0.25) is 5.72 Å². The molecule has 0 aliphatic rings. The summed E-state index contributed by atoms with van der Waals surface area (Å²) in [6.07, 6.45) is 0. The lowest BCUT2D eigenvalue weighted by atomic mass is 10.0. The molecule has 0 spiro atoms. The van der Waals surface area contributed by atoms with Crippen LogP contribution in [0.15, 0.2) is 66.7 Å². The second-order valence-electron chi connectivity index (χ2n) is 5.52. The fourth-order valence-corrected chi connectivity index (χ4v) is 2.28. The van der Waals surface area contributed by atoms with Gasteiger partial charge in [-0.05, 0) is 19.1 Å². The Labute approximate surface area is 139 Å². The van der Waals surface area contributed by atoms with Crippen molar-refractivity contribution in [1.29, 1.82) is 0 Å². The zero-order chi connectivity index (χ0) is 17.2. The van der Waals surface area contributed by atoms with Crippen molar-refractivity contribution < 1.29 is 14.6 Å². The molecule has 1 unspecified atom stereocenters. The Morgan fingerprint density at radius 2 is 1.67 bits per heavy atom. The van der Waals surface area contributed by atoms with E-state index in [-0.39, 0.29) is 12.2 Å². The molecular weight excluding hydrogens is 306 g/mol. The first kappa shape index (κ1) is 15.9. The normalized spacial score (nSPS) is 13.4. The van der Waals surface area contributed by atoms with E-state index in [2.05, 4.69) is 16.8 Å². The molecule has 3 rings (SSSR count). The smallest absolute Gasteiger partial charge is 0.333 e. The van der Waals surface area contributed by atoms with E-state index < -0.39 is 11.7 Å². The Hall–Kier alpha value is -2.99. The van der Waals surface area contributed by atoms with Gasteiger partial charge in [0.25, 0.3) is 0 Å². The minimum absolute atomic E-state index is 0.254. The summed E-state index contributed by atoms with van der Waals surface area (Å²) >= 11 is 0. The summed E-state index contributed by atoms with van der Waals surface area (Å²) in [4.78, 5) is 12.9. The van der Waals surface area contributed by atoms with Crippen LogP contribution in [-0.2, 0) is 15.3 Å². The Bertz CT molecular complexity index is 856. The third-order valence-electron chi connectivity index (χ3n) is 3.61. The zero-order valence-electron chi connectivity index (χ0n) is 13.2. The Morgan fingerprint density at radius 1 is 1.12 bits per heavy atom. The van der Waals surface area contributed by atoms with E-state index in [1.165, 1.54) is 4.80 Å². The van der Waals surface area contributed by atoms with Crippen molar-refractivity contribution >= 4 is 17.0 Å². The van der Waals surface area contributed by atoms with Crippen LogP contribution in [0.1, 0.15) is 12.5 Å². The third kappa shape index (κ3) is 2.91. The minimum Gasteiger partial charge on any atom is -0.457 e. The molecule has 24 heavy (non-hydrogen) atoms. The number of rotatable bonds is 5. The highest BCUT2D eigenvalue weighted by Gasteiger charge is 2.36. The number of aromatic nitrogens is 3. The van der Waals surface area contributed by atoms with Crippen molar-refractivity contribution in [1.82, 2.24) is 15.0 Å². The number of fused-ring (bicyclic) bond motifs is 1. The molecule has 1 atom stereocenters. The van der Waals surface area contributed by atoms with Crippen LogP contribution in [-0.4, -0.2) is 32.7 Å². The molecular formula is C18H17N3O3. The van der Waals surface area contributed by atoms with Crippen molar-refractivity contribution in [2.24, 2.45) is 0 Å². The molecule has 0 saturated carbocycles. The van der Waals surface area contributed by atoms with E-state index in [1.54, 1.807) is 43.3 Å². The highest BCUT2D eigenvalue weighted by molar-refractivity contribution is 5.87. The van der Waals surface area contributed by atoms with Gasteiger partial charge in [-0.3, -0.25) is 0 Å². The molecule has 3 aromatic rings. The van der Waals surface area contributed by atoms with Gasteiger partial charge >= 0.3 is 5.97 Å². The van der Waals surface area contributed by atoms with E-state index >= 15 is 0 Å². The number of carbonyl (C=O) groups is 1. The summed E-state index contributed by atoms with van der Waals surface area (Å²) in [5, 5.41) is 19.9. The lowest BCUT2D eigenvalue weighted by molar-refractivity contribution is -0.151. The van der Waals surface area contributed by atoms with E-state index in [0.717, 1.165) is 0 Å². The molecule has 0 radical (unpaired) electrons. The maximum absolute atomic E-state index is 11.7. The number of hydrogen-bond donors (Lipinski definition) is 1. The quantitative estimate of drug-likeness (QED) is 0.575.